The molecule has 0 aromatic carbocycles. The fraction of sp³-hybridized carbons (Fsp3) is 0.556. The summed E-state index contributed by atoms with van der Waals surface area (Å²) in [5.41, 5.74) is 0. The number of carbonyl (C=O) groups excluding carboxylic acids is 1. The Labute approximate surface area is 85.5 Å². The highest BCUT2D eigenvalue weighted by Crippen LogP contribution is 2.07. The van der Waals surface area contributed by atoms with Crippen molar-refractivity contribution in [3.8, 4) is 0 Å². The van der Waals surface area contributed by atoms with E-state index < -0.39 is 30.5 Å². The van der Waals surface area contributed by atoms with Crippen molar-refractivity contribution >= 4 is 11.8 Å². The Kier molecular flexibility index (Phi) is 6.24. The second kappa shape index (κ2) is 6.92. The monoisotopic (exact) mass is 222 g/mol. The van der Waals surface area contributed by atoms with Gasteiger partial charge < -0.3 is 9.84 Å². The van der Waals surface area contributed by atoms with Crippen molar-refractivity contribution in [2.45, 2.75) is 25.7 Å². The molecule has 0 aliphatic rings. The standard InChI is InChI=1S/C9H12F2O4/c1-2-15-5-3-4-6(10)8(12)7(11)9(13)14/h3,5-7H,2,4H2,1H3,(H,13,14). The molecule has 4 nitrogen and oxygen atoms in total. The lowest BCUT2D eigenvalue weighted by Crippen LogP contribution is -2.32. The molecule has 0 fully saturated rings. The normalized spacial score (nSPS) is 14.9. The van der Waals surface area contributed by atoms with Gasteiger partial charge in [0.05, 0.1) is 12.9 Å². The zero-order chi connectivity index (χ0) is 11.8. The van der Waals surface area contributed by atoms with Gasteiger partial charge in [0, 0.05) is 6.42 Å². The van der Waals surface area contributed by atoms with Gasteiger partial charge in [0.25, 0.3) is 6.17 Å². The topological polar surface area (TPSA) is 63.6 Å². The van der Waals surface area contributed by atoms with E-state index in [1.807, 2.05) is 0 Å². The third kappa shape index (κ3) is 5.09. The van der Waals surface area contributed by atoms with Crippen LogP contribution < -0.4 is 0 Å². The zero-order valence-electron chi connectivity index (χ0n) is 8.15. The van der Waals surface area contributed by atoms with E-state index in [-0.39, 0.29) is 0 Å². The lowest BCUT2D eigenvalue weighted by molar-refractivity contribution is -0.149. The lowest BCUT2D eigenvalue weighted by Gasteiger charge is -2.05. The highest BCUT2D eigenvalue weighted by molar-refractivity contribution is 6.03. The lowest BCUT2D eigenvalue weighted by atomic mass is 10.1. The zero-order valence-corrected chi connectivity index (χ0v) is 8.15. The number of hydrogen-bond acceptors (Lipinski definition) is 3. The van der Waals surface area contributed by atoms with Gasteiger partial charge in [-0.2, -0.15) is 0 Å². The number of hydrogen-bond donors (Lipinski definition) is 1. The van der Waals surface area contributed by atoms with Gasteiger partial charge in [-0.15, -0.1) is 0 Å². The van der Waals surface area contributed by atoms with Gasteiger partial charge in [0.1, 0.15) is 0 Å². The predicted octanol–water partition coefficient (Wildman–Crippen LogP) is 1.26. The minimum Gasteiger partial charge on any atom is -0.502 e. The van der Waals surface area contributed by atoms with Crippen LogP contribution in [0.15, 0.2) is 12.3 Å². The number of alkyl halides is 2. The molecule has 0 radical (unpaired) electrons. The smallest absolute Gasteiger partial charge is 0.346 e. The number of carboxylic acid groups (broad SMARTS) is 1. The summed E-state index contributed by atoms with van der Waals surface area (Å²) in [5, 5.41) is 8.11. The Balaban J connectivity index is 4.04. The van der Waals surface area contributed by atoms with Crippen molar-refractivity contribution in [2.75, 3.05) is 6.61 Å². The van der Waals surface area contributed by atoms with Crippen LogP contribution in [0.1, 0.15) is 13.3 Å². The van der Waals surface area contributed by atoms with Gasteiger partial charge in [0.2, 0.25) is 5.78 Å². The Morgan fingerprint density at radius 1 is 1.47 bits per heavy atom. The second-order valence-electron chi connectivity index (χ2n) is 2.63. The Morgan fingerprint density at radius 3 is 2.53 bits per heavy atom. The van der Waals surface area contributed by atoms with Crippen molar-refractivity contribution < 1.29 is 28.2 Å². The Hall–Kier alpha value is -1.46. The molecule has 0 aromatic rings. The van der Waals surface area contributed by atoms with Gasteiger partial charge in [-0.1, -0.05) is 0 Å². The van der Waals surface area contributed by atoms with Crippen LogP contribution in [-0.4, -0.2) is 35.8 Å². The molecule has 0 bridgehead atoms. The largest absolute Gasteiger partial charge is 0.502 e. The average Bonchev–Trinajstić information content (AvgIpc) is 2.21. The van der Waals surface area contributed by atoms with Crippen LogP contribution in [0.4, 0.5) is 8.78 Å². The van der Waals surface area contributed by atoms with Crippen LogP contribution in [0, 0.1) is 0 Å². The summed E-state index contributed by atoms with van der Waals surface area (Å²) in [6, 6.07) is 0. The van der Waals surface area contributed by atoms with Crippen LogP contribution in [0.3, 0.4) is 0 Å². The SMILES string of the molecule is CCOC=CCC(F)C(=O)C(F)C(=O)O. The van der Waals surface area contributed by atoms with E-state index in [2.05, 4.69) is 0 Å². The molecule has 1 N–H and O–H groups in total. The van der Waals surface area contributed by atoms with Crippen molar-refractivity contribution in [3.63, 3.8) is 0 Å². The molecular formula is C9H12F2O4. The van der Waals surface area contributed by atoms with Gasteiger partial charge in [-0.05, 0) is 13.0 Å². The fourth-order valence-corrected chi connectivity index (χ4v) is 0.736. The summed E-state index contributed by atoms with van der Waals surface area (Å²) in [5.74, 6) is -3.56. The van der Waals surface area contributed by atoms with Gasteiger partial charge in [-0.25, -0.2) is 13.6 Å². The minimum absolute atomic E-state index is 0.391. The third-order valence-corrected chi connectivity index (χ3v) is 1.48. The van der Waals surface area contributed by atoms with Gasteiger partial charge in [0.15, 0.2) is 6.17 Å². The maximum Gasteiger partial charge on any atom is 0.346 e. The molecule has 2 unspecified atom stereocenters. The first-order valence-electron chi connectivity index (χ1n) is 4.32. The number of allylic oxidation sites excluding steroid dienone is 1. The molecule has 0 aliphatic carbocycles. The first-order chi connectivity index (χ1) is 7.00. The summed E-state index contributed by atoms with van der Waals surface area (Å²) < 4.78 is 30.1. The molecule has 0 aromatic heterocycles. The van der Waals surface area contributed by atoms with E-state index in [4.69, 9.17) is 9.84 Å². The van der Waals surface area contributed by atoms with Crippen LogP contribution >= 0.6 is 0 Å². The highest BCUT2D eigenvalue weighted by Gasteiger charge is 2.31. The molecule has 15 heavy (non-hydrogen) atoms. The van der Waals surface area contributed by atoms with Gasteiger partial charge in [-0.3, -0.25) is 4.79 Å². The first kappa shape index (κ1) is 13.5. The van der Waals surface area contributed by atoms with Crippen LogP contribution in [0.2, 0.25) is 0 Å². The maximum atomic E-state index is 12.9. The Morgan fingerprint density at radius 2 is 2.07 bits per heavy atom. The van der Waals surface area contributed by atoms with Crippen LogP contribution in [0.25, 0.3) is 0 Å². The summed E-state index contributed by atoms with van der Waals surface area (Å²) >= 11 is 0. The number of carboxylic acids is 1. The van der Waals surface area contributed by atoms with E-state index in [1.54, 1.807) is 6.92 Å². The number of halogens is 2. The number of Topliss-reactive ketones (excluding diaryl/α,β-unsaturated/α-hetero) is 1. The molecule has 0 saturated heterocycles. The Bertz CT molecular complexity index is 252. The highest BCUT2D eigenvalue weighted by atomic mass is 19.1. The fourth-order valence-electron chi connectivity index (χ4n) is 0.736. The minimum atomic E-state index is -2.81. The number of ether oxygens (including phenoxy) is 1. The molecule has 0 spiro atoms. The third-order valence-electron chi connectivity index (χ3n) is 1.48. The quantitative estimate of drug-likeness (QED) is 0.520. The molecule has 0 aliphatic heterocycles. The van der Waals surface area contributed by atoms with E-state index in [9.17, 15) is 18.4 Å². The number of aliphatic carboxylic acids is 1. The van der Waals surface area contributed by atoms with E-state index >= 15 is 0 Å². The summed E-state index contributed by atoms with van der Waals surface area (Å²) in [6.45, 7) is 2.10. The molecule has 0 amide bonds. The molecule has 2 atom stereocenters. The molecule has 0 saturated carbocycles. The van der Waals surface area contributed by atoms with E-state index in [1.165, 1.54) is 12.3 Å². The molecule has 0 rings (SSSR count). The number of rotatable bonds is 7. The number of carbonyl (C=O) groups is 2. The van der Waals surface area contributed by atoms with E-state index in [0.29, 0.717) is 6.61 Å². The maximum absolute atomic E-state index is 12.9. The molecule has 6 heteroatoms. The first-order valence-corrected chi connectivity index (χ1v) is 4.32. The van der Waals surface area contributed by atoms with Crippen molar-refractivity contribution in [2.24, 2.45) is 0 Å². The molecule has 86 valence electrons. The predicted molar refractivity (Wildman–Crippen MR) is 47.8 cm³/mol. The molecular weight excluding hydrogens is 210 g/mol. The van der Waals surface area contributed by atoms with E-state index in [0.717, 1.165) is 0 Å². The van der Waals surface area contributed by atoms with Crippen molar-refractivity contribution in [1.82, 2.24) is 0 Å². The summed E-state index contributed by atoms with van der Waals surface area (Å²) in [4.78, 5) is 20.8. The molecule has 0 heterocycles. The average molecular weight is 222 g/mol. The van der Waals surface area contributed by atoms with Crippen molar-refractivity contribution in [3.05, 3.63) is 12.3 Å². The summed E-state index contributed by atoms with van der Waals surface area (Å²) in [7, 11) is 0. The van der Waals surface area contributed by atoms with Gasteiger partial charge >= 0.3 is 5.97 Å². The second-order valence-corrected chi connectivity index (χ2v) is 2.63. The number of ketones is 1. The summed E-state index contributed by atoms with van der Waals surface area (Å²) in [6.07, 6.45) is -2.99. The van der Waals surface area contributed by atoms with Crippen molar-refractivity contribution in [1.29, 1.82) is 0 Å². The van der Waals surface area contributed by atoms with Crippen LogP contribution in [-0.2, 0) is 14.3 Å². The van der Waals surface area contributed by atoms with Crippen LogP contribution in [0.5, 0.6) is 0 Å².